The molecule has 0 spiro atoms. The Morgan fingerprint density at radius 2 is 1.68 bits per heavy atom. The Hall–Kier alpha value is -2.90. The Bertz CT molecular complexity index is 1080. The number of fused-ring (bicyclic) bond motifs is 1. The molecule has 28 heavy (non-hydrogen) atoms. The average Bonchev–Trinajstić information content (AvgIpc) is 2.71. The predicted molar refractivity (Wildman–Crippen MR) is 109 cm³/mol. The van der Waals surface area contributed by atoms with Gasteiger partial charge in [-0.2, -0.15) is 4.72 Å². The standard InChI is InChI=1S/C21H22N2O4S/c1-15(21(24)22-14-16-7-10-19(27-2)11-8-16)23-28(25,26)20-12-9-17-5-3-4-6-18(17)13-20/h3-13,15,23H,14H2,1-2H3,(H,22,24)/t15-/m0/s1. The van der Waals surface area contributed by atoms with Crippen LogP contribution in [0.4, 0.5) is 0 Å². The van der Waals surface area contributed by atoms with Crippen LogP contribution in [0.5, 0.6) is 5.75 Å². The van der Waals surface area contributed by atoms with Gasteiger partial charge in [-0.1, -0.05) is 42.5 Å². The van der Waals surface area contributed by atoms with Gasteiger partial charge in [-0.3, -0.25) is 4.79 Å². The average molecular weight is 398 g/mol. The van der Waals surface area contributed by atoms with Crippen LogP contribution in [0.1, 0.15) is 12.5 Å². The quantitative estimate of drug-likeness (QED) is 0.641. The summed E-state index contributed by atoms with van der Waals surface area (Å²) in [6.07, 6.45) is 0. The van der Waals surface area contributed by atoms with Crippen LogP contribution in [0, 0.1) is 0 Å². The van der Waals surface area contributed by atoms with Gasteiger partial charge in [0.15, 0.2) is 0 Å². The molecule has 0 radical (unpaired) electrons. The summed E-state index contributed by atoms with van der Waals surface area (Å²) in [4.78, 5) is 12.4. The summed E-state index contributed by atoms with van der Waals surface area (Å²) in [7, 11) is -2.23. The second-order valence-corrected chi connectivity index (χ2v) is 8.13. The molecular formula is C21H22N2O4S. The van der Waals surface area contributed by atoms with Crippen LogP contribution in [0.2, 0.25) is 0 Å². The number of hydrogen-bond donors (Lipinski definition) is 2. The SMILES string of the molecule is COc1ccc(CNC(=O)[C@H](C)NS(=O)(=O)c2ccc3ccccc3c2)cc1. The summed E-state index contributed by atoms with van der Waals surface area (Å²) < 4.78 is 32.8. The lowest BCUT2D eigenvalue weighted by atomic mass is 10.1. The molecule has 0 saturated heterocycles. The summed E-state index contributed by atoms with van der Waals surface area (Å²) in [6, 6.07) is 18.7. The van der Waals surface area contributed by atoms with E-state index in [1.54, 1.807) is 31.4 Å². The smallest absolute Gasteiger partial charge is 0.241 e. The first-order chi connectivity index (χ1) is 13.4. The van der Waals surface area contributed by atoms with Gasteiger partial charge in [-0.05, 0) is 47.5 Å². The molecule has 0 saturated carbocycles. The Morgan fingerprint density at radius 1 is 1.00 bits per heavy atom. The molecule has 0 aliphatic heterocycles. The molecule has 0 unspecified atom stereocenters. The van der Waals surface area contributed by atoms with Crippen LogP contribution in [0.15, 0.2) is 71.6 Å². The molecule has 3 aromatic carbocycles. The first-order valence-corrected chi connectivity index (χ1v) is 10.3. The zero-order chi connectivity index (χ0) is 20.1. The fourth-order valence-corrected chi connectivity index (χ4v) is 4.01. The van der Waals surface area contributed by atoms with Crippen LogP contribution < -0.4 is 14.8 Å². The van der Waals surface area contributed by atoms with Crippen molar-refractivity contribution in [3.63, 3.8) is 0 Å². The van der Waals surface area contributed by atoms with Gasteiger partial charge in [0.25, 0.3) is 0 Å². The lowest BCUT2D eigenvalue weighted by Gasteiger charge is -2.15. The largest absolute Gasteiger partial charge is 0.497 e. The van der Waals surface area contributed by atoms with Crippen LogP contribution in [-0.4, -0.2) is 27.5 Å². The fourth-order valence-electron chi connectivity index (χ4n) is 2.77. The minimum atomic E-state index is -3.82. The van der Waals surface area contributed by atoms with Crippen molar-refractivity contribution in [2.24, 2.45) is 0 Å². The molecule has 2 N–H and O–H groups in total. The summed E-state index contributed by atoms with van der Waals surface area (Å²) in [5.74, 6) is 0.326. The lowest BCUT2D eigenvalue weighted by Crippen LogP contribution is -2.44. The molecule has 0 bridgehead atoms. The number of nitrogens with one attached hydrogen (secondary N) is 2. The third-order valence-corrected chi connectivity index (χ3v) is 5.92. The molecule has 1 atom stereocenters. The van der Waals surface area contributed by atoms with Crippen molar-refractivity contribution in [1.82, 2.24) is 10.0 Å². The van der Waals surface area contributed by atoms with Crippen LogP contribution in [0.3, 0.4) is 0 Å². The van der Waals surface area contributed by atoms with Crippen LogP contribution in [-0.2, 0) is 21.4 Å². The van der Waals surface area contributed by atoms with E-state index in [1.165, 1.54) is 13.0 Å². The second kappa shape index (κ2) is 8.41. The zero-order valence-corrected chi connectivity index (χ0v) is 16.5. The Labute approximate surface area is 164 Å². The van der Waals surface area contributed by atoms with Crippen molar-refractivity contribution in [2.75, 3.05) is 7.11 Å². The summed E-state index contributed by atoms with van der Waals surface area (Å²) >= 11 is 0. The number of sulfonamides is 1. The monoisotopic (exact) mass is 398 g/mol. The van der Waals surface area contributed by atoms with Crippen molar-refractivity contribution in [2.45, 2.75) is 24.4 Å². The number of hydrogen-bond acceptors (Lipinski definition) is 4. The van der Waals surface area contributed by atoms with Crippen LogP contribution >= 0.6 is 0 Å². The van der Waals surface area contributed by atoms with Crippen LogP contribution in [0.25, 0.3) is 10.8 Å². The van der Waals surface area contributed by atoms with E-state index in [2.05, 4.69) is 10.0 Å². The maximum Gasteiger partial charge on any atom is 0.241 e. The van der Waals surface area contributed by atoms with E-state index in [0.717, 1.165) is 22.1 Å². The molecular weight excluding hydrogens is 376 g/mol. The summed E-state index contributed by atoms with van der Waals surface area (Å²) in [6.45, 7) is 1.81. The number of methoxy groups -OCH3 is 1. The highest BCUT2D eigenvalue weighted by Crippen LogP contribution is 2.19. The summed E-state index contributed by atoms with van der Waals surface area (Å²) in [5, 5.41) is 4.51. The third kappa shape index (κ3) is 4.68. The fraction of sp³-hybridized carbons (Fsp3) is 0.190. The molecule has 0 heterocycles. The van der Waals surface area contributed by atoms with E-state index >= 15 is 0 Å². The Kier molecular flexibility index (Phi) is 5.96. The van der Waals surface area contributed by atoms with Gasteiger partial charge in [-0.25, -0.2) is 8.42 Å². The van der Waals surface area contributed by atoms with Crippen molar-refractivity contribution < 1.29 is 17.9 Å². The highest BCUT2D eigenvalue weighted by atomic mass is 32.2. The molecule has 0 aromatic heterocycles. The van der Waals surface area contributed by atoms with E-state index in [0.29, 0.717) is 6.54 Å². The minimum absolute atomic E-state index is 0.126. The van der Waals surface area contributed by atoms with E-state index in [-0.39, 0.29) is 4.90 Å². The lowest BCUT2D eigenvalue weighted by molar-refractivity contribution is -0.122. The first kappa shape index (κ1) is 19.9. The van der Waals surface area contributed by atoms with Gasteiger partial charge < -0.3 is 10.1 Å². The van der Waals surface area contributed by atoms with Crippen molar-refractivity contribution in [3.8, 4) is 5.75 Å². The first-order valence-electron chi connectivity index (χ1n) is 8.81. The molecule has 0 fully saturated rings. The normalized spacial score (nSPS) is 12.5. The van der Waals surface area contributed by atoms with E-state index in [1.807, 2.05) is 36.4 Å². The van der Waals surface area contributed by atoms with Gasteiger partial charge in [0.2, 0.25) is 15.9 Å². The molecule has 7 heteroatoms. The van der Waals surface area contributed by atoms with Gasteiger partial charge >= 0.3 is 0 Å². The molecule has 6 nitrogen and oxygen atoms in total. The zero-order valence-electron chi connectivity index (χ0n) is 15.7. The highest BCUT2D eigenvalue weighted by Gasteiger charge is 2.22. The molecule has 0 aliphatic rings. The number of amides is 1. The van der Waals surface area contributed by atoms with Crippen molar-refractivity contribution >= 4 is 26.7 Å². The predicted octanol–water partition coefficient (Wildman–Crippen LogP) is 2.83. The van der Waals surface area contributed by atoms with Gasteiger partial charge in [0.1, 0.15) is 5.75 Å². The van der Waals surface area contributed by atoms with Gasteiger partial charge in [0, 0.05) is 6.54 Å². The topological polar surface area (TPSA) is 84.5 Å². The van der Waals surface area contributed by atoms with Crippen molar-refractivity contribution in [3.05, 3.63) is 72.3 Å². The molecule has 3 aromatic rings. The van der Waals surface area contributed by atoms with E-state index < -0.39 is 22.0 Å². The van der Waals surface area contributed by atoms with Crippen molar-refractivity contribution in [1.29, 1.82) is 0 Å². The van der Waals surface area contributed by atoms with E-state index in [9.17, 15) is 13.2 Å². The third-order valence-electron chi connectivity index (χ3n) is 4.38. The number of rotatable bonds is 7. The minimum Gasteiger partial charge on any atom is -0.497 e. The maximum atomic E-state index is 12.6. The van der Waals surface area contributed by atoms with E-state index in [4.69, 9.17) is 4.74 Å². The summed E-state index contributed by atoms with van der Waals surface area (Å²) in [5.41, 5.74) is 0.888. The van der Waals surface area contributed by atoms with Gasteiger partial charge in [0.05, 0.1) is 18.0 Å². The molecule has 3 rings (SSSR count). The van der Waals surface area contributed by atoms with Gasteiger partial charge in [-0.15, -0.1) is 0 Å². The number of benzene rings is 3. The highest BCUT2D eigenvalue weighted by molar-refractivity contribution is 7.89. The second-order valence-electron chi connectivity index (χ2n) is 6.42. The Morgan fingerprint density at radius 3 is 2.36 bits per heavy atom. The number of ether oxygens (including phenoxy) is 1. The molecule has 146 valence electrons. The number of carbonyl (C=O) groups is 1. The Balaban J connectivity index is 1.64. The maximum absolute atomic E-state index is 12.6. The number of carbonyl (C=O) groups excluding carboxylic acids is 1. The molecule has 1 amide bonds. The molecule has 0 aliphatic carbocycles.